The minimum atomic E-state index is -0.510. The molecular formula is C23H20N2O3. The molecule has 140 valence electrons. The van der Waals surface area contributed by atoms with Gasteiger partial charge in [0.2, 0.25) is 5.88 Å². The highest BCUT2D eigenvalue weighted by molar-refractivity contribution is 6.00. The van der Waals surface area contributed by atoms with E-state index in [1.807, 2.05) is 54.6 Å². The second-order valence-corrected chi connectivity index (χ2v) is 6.97. The zero-order valence-electron chi connectivity index (χ0n) is 15.5. The monoisotopic (exact) mass is 372 g/mol. The first-order valence-corrected chi connectivity index (χ1v) is 9.15. The van der Waals surface area contributed by atoms with Gasteiger partial charge in [-0.05, 0) is 29.2 Å². The Bertz CT molecular complexity index is 1010. The number of nitrogens with zero attached hydrogens (tertiary/aromatic N) is 1. The normalized spacial score (nSPS) is 21.6. The lowest BCUT2D eigenvalue weighted by molar-refractivity contribution is -0.117. The number of rotatable bonds is 3. The summed E-state index contributed by atoms with van der Waals surface area (Å²) in [5.74, 6) is 0.881. The minimum absolute atomic E-state index is 0.00355. The first-order chi connectivity index (χ1) is 13.6. The lowest BCUT2D eigenvalue weighted by Crippen LogP contribution is -2.29. The fourth-order valence-corrected chi connectivity index (χ4v) is 4.00. The van der Waals surface area contributed by atoms with Crippen molar-refractivity contribution in [2.24, 2.45) is 5.73 Å². The average molecular weight is 372 g/mol. The van der Waals surface area contributed by atoms with Gasteiger partial charge >= 0.3 is 0 Å². The van der Waals surface area contributed by atoms with Crippen LogP contribution in [-0.2, 0) is 9.53 Å². The van der Waals surface area contributed by atoms with Gasteiger partial charge in [-0.1, -0.05) is 42.5 Å². The molecule has 0 aromatic heterocycles. The average Bonchev–Trinajstić information content (AvgIpc) is 2.73. The van der Waals surface area contributed by atoms with Crippen LogP contribution in [0.5, 0.6) is 5.75 Å². The van der Waals surface area contributed by atoms with Crippen LogP contribution in [-0.4, -0.2) is 12.9 Å². The third-order valence-electron chi connectivity index (χ3n) is 5.38. The standard InChI is InChI=1S/C23H20N2O3/c1-27-17-9-7-15(8-10-17)21-18(13-24)23(25)28-20-12-16(11-19(26)22(20)21)14-5-3-2-4-6-14/h2-10,16,21H,11-12,25H2,1H3/t16-,21+/m1/s1. The molecule has 5 heteroatoms. The van der Waals surface area contributed by atoms with Crippen LogP contribution in [0.4, 0.5) is 0 Å². The molecule has 0 radical (unpaired) electrons. The summed E-state index contributed by atoms with van der Waals surface area (Å²) >= 11 is 0. The van der Waals surface area contributed by atoms with Crippen molar-refractivity contribution in [1.29, 1.82) is 5.26 Å². The molecule has 2 aliphatic rings. The van der Waals surface area contributed by atoms with Gasteiger partial charge in [-0.3, -0.25) is 4.79 Å². The van der Waals surface area contributed by atoms with Crippen LogP contribution in [0.2, 0.25) is 0 Å². The zero-order valence-corrected chi connectivity index (χ0v) is 15.5. The van der Waals surface area contributed by atoms with Gasteiger partial charge in [-0.2, -0.15) is 5.26 Å². The van der Waals surface area contributed by atoms with Crippen molar-refractivity contribution in [1.82, 2.24) is 0 Å². The molecule has 0 fully saturated rings. The fraction of sp³-hybridized carbons (Fsp3) is 0.217. The first kappa shape index (κ1) is 17.9. The molecule has 2 aromatic rings. The van der Waals surface area contributed by atoms with Crippen molar-refractivity contribution in [2.45, 2.75) is 24.7 Å². The number of nitrogens with two attached hydrogens (primary N) is 1. The van der Waals surface area contributed by atoms with Crippen molar-refractivity contribution in [2.75, 3.05) is 7.11 Å². The summed E-state index contributed by atoms with van der Waals surface area (Å²) in [7, 11) is 1.59. The zero-order chi connectivity index (χ0) is 19.7. The van der Waals surface area contributed by atoms with Crippen LogP contribution in [0.1, 0.15) is 35.8 Å². The summed E-state index contributed by atoms with van der Waals surface area (Å²) < 4.78 is 11.0. The number of ether oxygens (including phenoxy) is 2. The summed E-state index contributed by atoms with van der Waals surface area (Å²) in [4.78, 5) is 13.2. The fourth-order valence-electron chi connectivity index (χ4n) is 4.00. The molecule has 0 spiro atoms. The molecule has 5 nitrogen and oxygen atoms in total. The second kappa shape index (κ2) is 7.24. The maximum absolute atomic E-state index is 13.2. The van der Waals surface area contributed by atoms with Crippen molar-refractivity contribution in [3.8, 4) is 11.8 Å². The van der Waals surface area contributed by atoms with Crippen LogP contribution in [0, 0.1) is 11.3 Å². The van der Waals surface area contributed by atoms with Crippen molar-refractivity contribution < 1.29 is 14.3 Å². The Kier molecular flexibility index (Phi) is 4.62. The van der Waals surface area contributed by atoms with E-state index in [1.165, 1.54) is 0 Å². The number of hydrogen-bond donors (Lipinski definition) is 1. The molecule has 0 amide bonds. The van der Waals surface area contributed by atoms with Gasteiger partial charge in [0, 0.05) is 18.4 Å². The Hall–Kier alpha value is -3.52. The largest absolute Gasteiger partial charge is 0.497 e. The number of nitriles is 1. The summed E-state index contributed by atoms with van der Waals surface area (Å²) in [5, 5.41) is 9.67. The second-order valence-electron chi connectivity index (χ2n) is 6.97. The molecule has 1 aliphatic carbocycles. The van der Waals surface area contributed by atoms with Gasteiger partial charge in [0.15, 0.2) is 5.78 Å². The number of carbonyl (C=O) groups is 1. The Morgan fingerprint density at radius 3 is 2.43 bits per heavy atom. The van der Waals surface area contributed by atoms with E-state index in [1.54, 1.807) is 7.11 Å². The molecule has 1 aliphatic heterocycles. The summed E-state index contributed by atoms with van der Waals surface area (Å²) in [5.41, 5.74) is 8.81. The molecule has 0 bridgehead atoms. The van der Waals surface area contributed by atoms with E-state index in [0.29, 0.717) is 29.9 Å². The van der Waals surface area contributed by atoms with E-state index >= 15 is 0 Å². The molecule has 2 aromatic carbocycles. The number of allylic oxidation sites excluding steroid dienone is 3. The molecule has 1 heterocycles. The highest BCUT2D eigenvalue weighted by Gasteiger charge is 2.40. The van der Waals surface area contributed by atoms with E-state index < -0.39 is 5.92 Å². The molecule has 2 atom stereocenters. The van der Waals surface area contributed by atoms with Gasteiger partial charge in [0.1, 0.15) is 23.2 Å². The topological polar surface area (TPSA) is 85.3 Å². The van der Waals surface area contributed by atoms with Crippen LogP contribution in [0.3, 0.4) is 0 Å². The minimum Gasteiger partial charge on any atom is -0.497 e. The predicted molar refractivity (Wildman–Crippen MR) is 104 cm³/mol. The number of benzene rings is 2. The number of methoxy groups -OCH3 is 1. The third kappa shape index (κ3) is 3.03. The van der Waals surface area contributed by atoms with Crippen LogP contribution >= 0.6 is 0 Å². The third-order valence-corrected chi connectivity index (χ3v) is 5.38. The SMILES string of the molecule is COc1ccc([C@H]2C(C#N)=C(N)OC3=C2C(=O)C[C@@H](c2ccccc2)C3)cc1. The predicted octanol–water partition coefficient (Wildman–Crippen LogP) is 3.90. The van der Waals surface area contributed by atoms with Crippen LogP contribution in [0.15, 0.2) is 77.4 Å². The van der Waals surface area contributed by atoms with Gasteiger partial charge in [-0.15, -0.1) is 0 Å². The van der Waals surface area contributed by atoms with Gasteiger partial charge < -0.3 is 15.2 Å². The van der Waals surface area contributed by atoms with Crippen molar-refractivity contribution >= 4 is 5.78 Å². The van der Waals surface area contributed by atoms with E-state index in [4.69, 9.17) is 15.2 Å². The van der Waals surface area contributed by atoms with Gasteiger partial charge in [0.05, 0.1) is 13.0 Å². The van der Waals surface area contributed by atoms with E-state index in [2.05, 4.69) is 6.07 Å². The lowest BCUT2D eigenvalue weighted by atomic mass is 9.73. The van der Waals surface area contributed by atoms with Gasteiger partial charge in [-0.25, -0.2) is 0 Å². The maximum Gasteiger partial charge on any atom is 0.205 e. The number of Topliss-reactive ketones (excluding diaryl/α,β-unsaturated/α-hetero) is 1. The first-order valence-electron chi connectivity index (χ1n) is 9.15. The van der Waals surface area contributed by atoms with Crippen molar-refractivity contribution in [3.05, 3.63) is 88.5 Å². The summed E-state index contributed by atoms with van der Waals surface area (Å²) in [6.07, 6.45) is 0.967. The number of carbonyl (C=O) groups excluding carboxylic acids is 1. The summed E-state index contributed by atoms with van der Waals surface area (Å²) in [6, 6.07) is 19.4. The Labute approximate surface area is 163 Å². The smallest absolute Gasteiger partial charge is 0.205 e. The molecule has 4 rings (SSSR count). The Balaban J connectivity index is 1.77. The molecule has 0 unspecified atom stereocenters. The van der Waals surface area contributed by atoms with Crippen molar-refractivity contribution in [3.63, 3.8) is 0 Å². The maximum atomic E-state index is 13.2. The van der Waals surface area contributed by atoms with E-state index in [-0.39, 0.29) is 23.2 Å². The molecule has 2 N–H and O–H groups in total. The Morgan fingerprint density at radius 2 is 1.79 bits per heavy atom. The number of hydrogen-bond acceptors (Lipinski definition) is 5. The highest BCUT2D eigenvalue weighted by Crippen LogP contribution is 2.46. The summed E-state index contributed by atoms with van der Waals surface area (Å²) in [6.45, 7) is 0. The van der Waals surface area contributed by atoms with E-state index in [9.17, 15) is 10.1 Å². The Morgan fingerprint density at radius 1 is 1.07 bits per heavy atom. The highest BCUT2D eigenvalue weighted by atomic mass is 16.5. The van der Waals surface area contributed by atoms with E-state index in [0.717, 1.165) is 11.1 Å². The van der Waals surface area contributed by atoms with Crippen LogP contribution in [0.25, 0.3) is 0 Å². The molecular weight excluding hydrogens is 352 g/mol. The molecule has 28 heavy (non-hydrogen) atoms. The van der Waals surface area contributed by atoms with Gasteiger partial charge in [0.25, 0.3) is 0 Å². The quantitative estimate of drug-likeness (QED) is 0.883. The lowest BCUT2D eigenvalue weighted by Gasteiger charge is -2.34. The molecule has 0 saturated heterocycles. The number of ketones is 1. The molecule has 0 saturated carbocycles. The van der Waals surface area contributed by atoms with Crippen LogP contribution < -0.4 is 10.5 Å².